The summed E-state index contributed by atoms with van der Waals surface area (Å²) < 4.78 is 0. The molecule has 1 atom stereocenters. The largest absolute Gasteiger partial charge is 0.306 e. The molecule has 1 aromatic heterocycles. The third-order valence-corrected chi connectivity index (χ3v) is 4.59. The van der Waals surface area contributed by atoms with Crippen molar-refractivity contribution in [3.05, 3.63) is 52.2 Å². The van der Waals surface area contributed by atoms with Gasteiger partial charge in [0.15, 0.2) is 0 Å². The maximum absolute atomic E-state index is 3.56. The van der Waals surface area contributed by atoms with Crippen molar-refractivity contribution in [2.24, 2.45) is 0 Å². The second-order valence-electron chi connectivity index (χ2n) is 4.01. The van der Waals surface area contributed by atoms with Crippen molar-refractivity contribution < 1.29 is 0 Å². The minimum atomic E-state index is 0.329. The number of thiophene rings is 1. The van der Waals surface area contributed by atoms with Gasteiger partial charge in [-0.1, -0.05) is 32.0 Å². The van der Waals surface area contributed by atoms with E-state index in [1.54, 1.807) is 0 Å². The van der Waals surface area contributed by atoms with E-state index in [9.17, 15) is 0 Å². The highest BCUT2D eigenvalue weighted by Crippen LogP contribution is 2.27. The molecule has 1 nitrogen and oxygen atoms in total. The van der Waals surface area contributed by atoms with E-state index in [1.807, 2.05) is 23.1 Å². The van der Waals surface area contributed by atoms with Crippen LogP contribution in [0, 0.1) is 0 Å². The first-order chi connectivity index (χ1) is 8.85. The monoisotopic (exact) mass is 277 g/mol. The fourth-order valence-electron chi connectivity index (χ4n) is 1.97. The first-order valence-electron chi connectivity index (χ1n) is 6.34. The van der Waals surface area contributed by atoms with Gasteiger partial charge in [-0.2, -0.15) is 0 Å². The fraction of sp³-hybridized carbons (Fsp3) is 0.333. The topological polar surface area (TPSA) is 12.0 Å². The molecule has 0 spiro atoms. The van der Waals surface area contributed by atoms with E-state index in [1.165, 1.54) is 15.3 Å². The van der Waals surface area contributed by atoms with E-state index in [0.717, 1.165) is 12.3 Å². The molecule has 2 rings (SSSR count). The van der Waals surface area contributed by atoms with E-state index in [4.69, 9.17) is 0 Å². The van der Waals surface area contributed by atoms with Gasteiger partial charge in [-0.3, -0.25) is 0 Å². The van der Waals surface area contributed by atoms with Crippen LogP contribution in [-0.2, 0) is 0 Å². The first-order valence-corrected chi connectivity index (χ1v) is 8.21. The predicted molar refractivity (Wildman–Crippen MR) is 82.7 cm³/mol. The normalized spacial score (nSPS) is 12.6. The van der Waals surface area contributed by atoms with Crippen LogP contribution in [0.3, 0.4) is 0 Å². The Morgan fingerprint density at radius 3 is 2.50 bits per heavy atom. The number of hydrogen-bond donors (Lipinski definition) is 1. The molecule has 1 aromatic carbocycles. The van der Waals surface area contributed by atoms with Crippen LogP contribution in [0.15, 0.2) is 46.7 Å². The summed E-state index contributed by atoms with van der Waals surface area (Å²) >= 11 is 3.70. The van der Waals surface area contributed by atoms with E-state index in [0.29, 0.717) is 6.04 Å². The molecule has 2 aromatic rings. The number of benzene rings is 1. The summed E-state index contributed by atoms with van der Waals surface area (Å²) in [4.78, 5) is 2.73. The standard InChI is InChI=1S/C15H19NS2/c1-3-16-15(14-6-5-11-18-14)12-7-9-13(10-8-12)17-4-2/h5-11,15-16H,3-4H2,1-2H3. The van der Waals surface area contributed by atoms with Crippen molar-refractivity contribution in [1.29, 1.82) is 0 Å². The molecule has 0 aliphatic heterocycles. The third-order valence-electron chi connectivity index (χ3n) is 2.76. The van der Waals surface area contributed by atoms with E-state index in [2.05, 4.69) is 60.9 Å². The van der Waals surface area contributed by atoms with Gasteiger partial charge in [0, 0.05) is 9.77 Å². The molecule has 0 bridgehead atoms. The van der Waals surface area contributed by atoms with Crippen LogP contribution in [0.5, 0.6) is 0 Å². The second kappa shape index (κ2) is 6.98. The van der Waals surface area contributed by atoms with Gasteiger partial charge in [0.25, 0.3) is 0 Å². The van der Waals surface area contributed by atoms with Crippen LogP contribution in [0.1, 0.15) is 30.3 Å². The molecule has 1 unspecified atom stereocenters. The highest BCUT2D eigenvalue weighted by Gasteiger charge is 2.13. The van der Waals surface area contributed by atoms with E-state index >= 15 is 0 Å². The van der Waals surface area contributed by atoms with Crippen LogP contribution >= 0.6 is 23.1 Å². The van der Waals surface area contributed by atoms with Crippen LogP contribution < -0.4 is 5.32 Å². The molecule has 1 N–H and O–H groups in total. The molecule has 18 heavy (non-hydrogen) atoms. The third kappa shape index (κ3) is 3.37. The van der Waals surface area contributed by atoms with Gasteiger partial charge in [-0.15, -0.1) is 23.1 Å². The highest BCUT2D eigenvalue weighted by molar-refractivity contribution is 7.99. The lowest BCUT2D eigenvalue weighted by Gasteiger charge is -2.17. The minimum absolute atomic E-state index is 0.329. The number of nitrogens with one attached hydrogen (secondary N) is 1. The van der Waals surface area contributed by atoms with Crippen molar-refractivity contribution in [2.75, 3.05) is 12.3 Å². The lowest BCUT2D eigenvalue weighted by molar-refractivity contribution is 0.639. The lowest BCUT2D eigenvalue weighted by Crippen LogP contribution is -2.20. The van der Waals surface area contributed by atoms with Crippen LogP contribution in [-0.4, -0.2) is 12.3 Å². The van der Waals surface area contributed by atoms with Gasteiger partial charge in [0.2, 0.25) is 0 Å². The summed E-state index contributed by atoms with van der Waals surface area (Å²) in [5, 5.41) is 5.70. The fourth-order valence-corrected chi connectivity index (χ4v) is 3.45. The Balaban J connectivity index is 2.20. The average molecular weight is 277 g/mol. The Kier molecular flexibility index (Phi) is 5.29. The Bertz CT molecular complexity index is 448. The molecule has 1 heterocycles. The first kappa shape index (κ1) is 13.7. The summed E-state index contributed by atoms with van der Waals surface area (Å²) in [7, 11) is 0. The molecule has 0 aliphatic carbocycles. The second-order valence-corrected chi connectivity index (χ2v) is 6.32. The molecule has 0 fully saturated rings. The van der Waals surface area contributed by atoms with Gasteiger partial charge in [-0.05, 0) is 41.4 Å². The summed E-state index contributed by atoms with van der Waals surface area (Å²) in [6.45, 7) is 5.32. The summed E-state index contributed by atoms with van der Waals surface area (Å²) in [6.07, 6.45) is 0. The number of hydrogen-bond acceptors (Lipinski definition) is 3. The SMILES string of the molecule is CCNC(c1ccc(SCC)cc1)c1cccs1. The number of rotatable bonds is 6. The van der Waals surface area contributed by atoms with Crippen molar-refractivity contribution in [2.45, 2.75) is 24.8 Å². The predicted octanol–water partition coefficient (Wildman–Crippen LogP) is 4.56. The Morgan fingerprint density at radius 1 is 1.17 bits per heavy atom. The zero-order valence-electron chi connectivity index (χ0n) is 10.8. The van der Waals surface area contributed by atoms with Gasteiger partial charge in [-0.25, -0.2) is 0 Å². The van der Waals surface area contributed by atoms with Crippen LogP contribution in [0.25, 0.3) is 0 Å². The minimum Gasteiger partial charge on any atom is -0.306 e. The Hall–Kier alpha value is -0.770. The summed E-state index contributed by atoms with van der Waals surface area (Å²) in [5.41, 5.74) is 1.35. The Labute approximate surface area is 118 Å². The molecular formula is C15H19NS2. The molecule has 0 saturated carbocycles. The molecule has 0 radical (unpaired) electrons. The number of thioether (sulfide) groups is 1. The van der Waals surface area contributed by atoms with Crippen molar-refractivity contribution in [3.8, 4) is 0 Å². The zero-order chi connectivity index (χ0) is 12.8. The highest BCUT2D eigenvalue weighted by atomic mass is 32.2. The molecule has 0 saturated heterocycles. The molecular weight excluding hydrogens is 258 g/mol. The van der Waals surface area contributed by atoms with Gasteiger partial charge in [0.05, 0.1) is 6.04 Å². The average Bonchev–Trinajstić information content (AvgIpc) is 2.91. The smallest absolute Gasteiger partial charge is 0.0670 e. The molecule has 0 aliphatic rings. The van der Waals surface area contributed by atoms with Crippen LogP contribution in [0.2, 0.25) is 0 Å². The molecule has 0 amide bonds. The van der Waals surface area contributed by atoms with Gasteiger partial charge < -0.3 is 5.32 Å². The zero-order valence-corrected chi connectivity index (χ0v) is 12.5. The lowest BCUT2D eigenvalue weighted by atomic mass is 10.1. The van der Waals surface area contributed by atoms with Gasteiger partial charge in [0.1, 0.15) is 0 Å². The maximum atomic E-state index is 3.56. The van der Waals surface area contributed by atoms with Crippen LogP contribution in [0.4, 0.5) is 0 Å². The van der Waals surface area contributed by atoms with Crippen molar-refractivity contribution in [3.63, 3.8) is 0 Å². The summed E-state index contributed by atoms with van der Waals surface area (Å²) in [6, 6.07) is 13.6. The summed E-state index contributed by atoms with van der Waals surface area (Å²) in [5.74, 6) is 1.13. The molecule has 96 valence electrons. The molecule has 3 heteroatoms. The quantitative estimate of drug-likeness (QED) is 0.777. The van der Waals surface area contributed by atoms with E-state index in [-0.39, 0.29) is 0 Å². The van der Waals surface area contributed by atoms with Crippen molar-refractivity contribution in [1.82, 2.24) is 5.32 Å². The van der Waals surface area contributed by atoms with E-state index < -0.39 is 0 Å². The Morgan fingerprint density at radius 2 is 1.94 bits per heavy atom. The maximum Gasteiger partial charge on any atom is 0.0670 e. The van der Waals surface area contributed by atoms with Gasteiger partial charge >= 0.3 is 0 Å². The van der Waals surface area contributed by atoms with Crippen molar-refractivity contribution >= 4 is 23.1 Å².